The van der Waals surface area contributed by atoms with Crippen LogP contribution in [0.25, 0.3) is 0 Å². The van der Waals surface area contributed by atoms with E-state index in [2.05, 4.69) is 0 Å². The number of carboxylic acid groups (broad SMARTS) is 1. The maximum absolute atomic E-state index is 12.5. The molecule has 0 unspecified atom stereocenters. The molecular weight excluding hydrogens is 370 g/mol. The number of ether oxygens (including phenoxy) is 2. The molecule has 1 rings (SSSR count). The number of rotatable bonds is 3. The standard InChI is InChI=1S/C18H31N3O7/c1-17(2,3)27-15(25)20-8-7-11(9-12(20)14(23)24)21(13(22)10-19)16(26)28-18(4,5)6/h11-12H,7-10,19H2,1-6H3,(H,23,24)/t11-,12+/m0/s1. The van der Waals surface area contributed by atoms with Gasteiger partial charge in [-0.25, -0.2) is 19.3 Å². The molecule has 2 atom stereocenters. The Hall–Kier alpha value is -2.36. The highest BCUT2D eigenvalue weighted by Crippen LogP contribution is 2.26. The largest absolute Gasteiger partial charge is 0.480 e. The molecule has 0 bridgehead atoms. The van der Waals surface area contributed by atoms with Crippen molar-refractivity contribution in [2.75, 3.05) is 13.1 Å². The molecule has 3 N–H and O–H groups in total. The summed E-state index contributed by atoms with van der Waals surface area (Å²) in [5, 5.41) is 9.58. The van der Waals surface area contributed by atoms with Crippen LogP contribution in [0.5, 0.6) is 0 Å². The molecule has 1 saturated heterocycles. The third kappa shape index (κ3) is 6.66. The van der Waals surface area contributed by atoms with Crippen molar-refractivity contribution in [2.45, 2.75) is 77.7 Å². The second-order valence-electron chi connectivity index (χ2n) is 8.65. The van der Waals surface area contributed by atoms with E-state index in [-0.39, 0.29) is 19.4 Å². The van der Waals surface area contributed by atoms with Crippen molar-refractivity contribution < 1.29 is 33.8 Å². The van der Waals surface area contributed by atoms with Crippen LogP contribution in [-0.2, 0) is 19.1 Å². The highest BCUT2D eigenvalue weighted by molar-refractivity contribution is 5.93. The normalized spacial score (nSPS) is 20.3. The summed E-state index contributed by atoms with van der Waals surface area (Å²) >= 11 is 0. The van der Waals surface area contributed by atoms with Gasteiger partial charge in [0.1, 0.15) is 17.2 Å². The Labute approximate surface area is 164 Å². The SMILES string of the molecule is CC(C)(C)OC(=O)N1CC[C@H](N(C(=O)CN)C(=O)OC(C)(C)C)C[C@@H]1C(=O)O. The summed E-state index contributed by atoms with van der Waals surface area (Å²) in [6.45, 7) is 9.58. The summed E-state index contributed by atoms with van der Waals surface area (Å²) in [6, 6.07) is -2.00. The number of amides is 3. The summed E-state index contributed by atoms with van der Waals surface area (Å²) in [6.07, 6.45) is -1.59. The summed E-state index contributed by atoms with van der Waals surface area (Å²) in [7, 11) is 0. The van der Waals surface area contributed by atoms with Crippen molar-refractivity contribution in [1.29, 1.82) is 0 Å². The lowest BCUT2D eigenvalue weighted by molar-refractivity contribution is -0.147. The van der Waals surface area contributed by atoms with Crippen molar-refractivity contribution in [3.05, 3.63) is 0 Å². The summed E-state index contributed by atoms with van der Waals surface area (Å²) < 4.78 is 10.5. The zero-order chi connectivity index (χ0) is 21.9. The minimum absolute atomic E-state index is 0.00763. The zero-order valence-corrected chi connectivity index (χ0v) is 17.4. The summed E-state index contributed by atoms with van der Waals surface area (Å²) in [5.74, 6) is -1.92. The first kappa shape index (κ1) is 23.7. The molecule has 160 valence electrons. The molecule has 1 heterocycles. The number of nitrogens with zero attached hydrogens (tertiary/aromatic N) is 2. The Morgan fingerprint density at radius 3 is 2.04 bits per heavy atom. The number of hydrogen-bond donors (Lipinski definition) is 2. The molecule has 0 aliphatic carbocycles. The van der Waals surface area contributed by atoms with Gasteiger partial charge in [0, 0.05) is 12.6 Å². The predicted octanol–water partition coefficient (Wildman–Crippen LogP) is 1.56. The number of carbonyl (C=O) groups excluding carboxylic acids is 3. The molecule has 0 radical (unpaired) electrons. The minimum atomic E-state index is -1.25. The maximum atomic E-state index is 12.5. The summed E-state index contributed by atoms with van der Waals surface area (Å²) in [4.78, 5) is 50.9. The topological polar surface area (TPSA) is 139 Å². The molecule has 1 aliphatic heterocycles. The van der Waals surface area contributed by atoms with Gasteiger partial charge in [-0.05, 0) is 54.4 Å². The van der Waals surface area contributed by atoms with E-state index in [1.54, 1.807) is 41.5 Å². The van der Waals surface area contributed by atoms with Gasteiger partial charge in [-0.1, -0.05) is 0 Å². The predicted molar refractivity (Wildman–Crippen MR) is 99.5 cm³/mol. The van der Waals surface area contributed by atoms with Gasteiger partial charge in [-0.3, -0.25) is 9.69 Å². The molecule has 1 aliphatic rings. The van der Waals surface area contributed by atoms with E-state index in [0.29, 0.717) is 0 Å². The van der Waals surface area contributed by atoms with Gasteiger partial charge in [0.2, 0.25) is 5.91 Å². The second-order valence-corrected chi connectivity index (χ2v) is 8.65. The van der Waals surface area contributed by atoms with Crippen LogP contribution in [0, 0.1) is 0 Å². The first-order chi connectivity index (χ1) is 12.7. The van der Waals surface area contributed by atoms with E-state index in [4.69, 9.17) is 15.2 Å². The van der Waals surface area contributed by atoms with Crippen LogP contribution in [0.3, 0.4) is 0 Å². The van der Waals surface area contributed by atoms with E-state index in [0.717, 1.165) is 9.80 Å². The van der Waals surface area contributed by atoms with Gasteiger partial charge in [0.15, 0.2) is 0 Å². The van der Waals surface area contributed by atoms with Crippen molar-refractivity contribution in [1.82, 2.24) is 9.80 Å². The van der Waals surface area contributed by atoms with Gasteiger partial charge < -0.3 is 20.3 Å². The molecule has 3 amide bonds. The Bertz CT molecular complexity index is 622. The smallest absolute Gasteiger partial charge is 0.417 e. The lowest BCUT2D eigenvalue weighted by Crippen LogP contribution is -2.58. The van der Waals surface area contributed by atoms with Crippen molar-refractivity contribution >= 4 is 24.1 Å². The molecule has 0 spiro atoms. The van der Waals surface area contributed by atoms with Crippen LogP contribution in [0.15, 0.2) is 0 Å². The minimum Gasteiger partial charge on any atom is -0.480 e. The van der Waals surface area contributed by atoms with Crippen LogP contribution in [0.2, 0.25) is 0 Å². The van der Waals surface area contributed by atoms with Gasteiger partial charge in [-0.15, -0.1) is 0 Å². The first-order valence-corrected chi connectivity index (χ1v) is 9.14. The number of carbonyl (C=O) groups is 4. The third-order valence-electron chi connectivity index (χ3n) is 3.89. The average molecular weight is 401 g/mol. The van der Waals surface area contributed by atoms with Crippen molar-refractivity contribution in [3.8, 4) is 0 Å². The van der Waals surface area contributed by atoms with Crippen LogP contribution < -0.4 is 5.73 Å². The molecule has 28 heavy (non-hydrogen) atoms. The number of hydrogen-bond acceptors (Lipinski definition) is 7. The summed E-state index contributed by atoms with van der Waals surface area (Å²) in [5.41, 5.74) is 3.80. The fourth-order valence-corrected chi connectivity index (χ4v) is 2.82. The average Bonchev–Trinajstić information content (AvgIpc) is 2.51. The van der Waals surface area contributed by atoms with Crippen molar-refractivity contribution in [2.24, 2.45) is 5.73 Å². The quantitative estimate of drug-likeness (QED) is 0.726. The highest BCUT2D eigenvalue weighted by atomic mass is 16.6. The Morgan fingerprint density at radius 2 is 1.61 bits per heavy atom. The maximum Gasteiger partial charge on any atom is 0.417 e. The molecule has 0 aromatic rings. The number of aliphatic carboxylic acids is 1. The zero-order valence-electron chi connectivity index (χ0n) is 17.4. The Morgan fingerprint density at radius 1 is 1.07 bits per heavy atom. The molecule has 10 nitrogen and oxygen atoms in total. The fourth-order valence-electron chi connectivity index (χ4n) is 2.82. The monoisotopic (exact) mass is 401 g/mol. The van der Waals surface area contributed by atoms with Gasteiger partial charge in [0.25, 0.3) is 0 Å². The Kier molecular flexibility index (Phi) is 7.41. The number of likely N-dealkylation sites (tertiary alicyclic amines) is 1. The number of piperidine rings is 1. The number of carboxylic acids is 1. The highest BCUT2D eigenvalue weighted by Gasteiger charge is 2.43. The van der Waals surface area contributed by atoms with Crippen LogP contribution >= 0.6 is 0 Å². The van der Waals surface area contributed by atoms with Crippen LogP contribution in [0.1, 0.15) is 54.4 Å². The third-order valence-corrected chi connectivity index (χ3v) is 3.89. The number of imide groups is 1. The van der Waals surface area contributed by atoms with Crippen molar-refractivity contribution in [3.63, 3.8) is 0 Å². The fraction of sp³-hybridized carbons (Fsp3) is 0.778. The lowest BCUT2D eigenvalue weighted by Gasteiger charge is -2.41. The molecule has 10 heteroatoms. The molecule has 0 saturated carbocycles. The Balaban J connectivity index is 3.06. The van der Waals surface area contributed by atoms with Gasteiger partial charge in [0.05, 0.1) is 6.54 Å². The van der Waals surface area contributed by atoms with E-state index >= 15 is 0 Å². The first-order valence-electron chi connectivity index (χ1n) is 9.14. The second kappa shape index (κ2) is 8.76. The van der Waals surface area contributed by atoms with E-state index in [9.17, 15) is 24.3 Å². The molecular formula is C18H31N3O7. The lowest BCUT2D eigenvalue weighted by atomic mass is 9.96. The molecule has 1 fully saturated rings. The molecule has 0 aromatic heterocycles. The van der Waals surface area contributed by atoms with Gasteiger partial charge in [-0.2, -0.15) is 0 Å². The number of nitrogens with two attached hydrogens (primary N) is 1. The van der Waals surface area contributed by atoms with Crippen LogP contribution in [0.4, 0.5) is 9.59 Å². The van der Waals surface area contributed by atoms with Gasteiger partial charge >= 0.3 is 18.2 Å². The molecule has 0 aromatic carbocycles. The van der Waals surface area contributed by atoms with Crippen LogP contribution in [-0.4, -0.2) is 75.3 Å². The van der Waals surface area contributed by atoms with E-state index in [1.165, 1.54) is 0 Å². The van der Waals surface area contributed by atoms with E-state index in [1.807, 2.05) is 0 Å². The van der Waals surface area contributed by atoms with E-state index < -0.39 is 53.9 Å².